The SMILES string of the molecule is COc1cc(OC)cc(C(=O)N(CC(=O)Nc2nc(C)cs2)C2CCCCC2)c1. The van der Waals surface area contributed by atoms with Gasteiger partial charge in [-0.25, -0.2) is 4.98 Å². The number of carbonyl (C=O) groups is 2. The minimum atomic E-state index is -0.242. The highest BCUT2D eigenvalue weighted by atomic mass is 32.1. The largest absolute Gasteiger partial charge is 0.497 e. The van der Waals surface area contributed by atoms with Gasteiger partial charge in [0.1, 0.15) is 18.0 Å². The third kappa shape index (κ3) is 5.47. The molecule has 29 heavy (non-hydrogen) atoms. The quantitative estimate of drug-likeness (QED) is 0.739. The first-order valence-corrected chi connectivity index (χ1v) is 10.6. The van der Waals surface area contributed by atoms with Gasteiger partial charge in [0, 0.05) is 23.1 Å². The van der Waals surface area contributed by atoms with Crippen molar-refractivity contribution in [2.24, 2.45) is 0 Å². The Labute approximate surface area is 175 Å². The van der Waals surface area contributed by atoms with Gasteiger partial charge < -0.3 is 19.7 Å². The number of rotatable bonds is 7. The first-order chi connectivity index (χ1) is 14.0. The molecule has 1 heterocycles. The van der Waals surface area contributed by atoms with Gasteiger partial charge in [0.15, 0.2) is 5.13 Å². The molecule has 2 aromatic rings. The predicted octanol–water partition coefficient (Wildman–Crippen LogP) is 3.88. The summed E-state index contributed by atoms with van der Waals surface area (Å²) in [6.45, 7) is 1.86. The summed E-state index contributed by atoms with van der Waals surface area (Å²) in [5.41, 5.74) is 1.30. The maximum atomic E-state index is 13.4. The highest BCUT2D eigenvalue weighted by molar-refractivity contribution is 7.13. The van der Waals surface area contributed by atoms with Crippen molar-refractivity contribution in [3.05, 3.63) is 34.8 Å². The number of methoxy groups -OCH3 is 2. The third-order valence-electron chi connectivity index (χ3n) is 5.05. The molecule has 0 radical (unpaired) electrons. The fourth-order valence-corrected chi connectivity index (χ4v) is 4.29. The number of benzene rings is 1. The van der Waals surface area contributed by atoms with Gasteiger partial charge in [0.2, 0.25) is 5.91 Å². The summed E-state index contributed by atoms with van der Waals surface area (Å²) in [5.74, 6) is 0.644. The van der Waals surface area contributed by atoms with Crippen molar-refractivity contribution < 1.29 is 19.1 Å². The molecule has 1 aliphatic rings. The number of anilines is 1. The molecular weight excluding hydrogens is 390 g/mol. The Kier molecular flexibility index (Phi) is 7.09. The zero-order valence-electron chi connectivity index (χ0n) is 17.1. The number of hydrogen-bond acceptors (Lipinski definition) is 6. The predicted molar refractivity (Wildman–Crippen MR) is 113 cm³/mol. The van der Waals surface area contributed by atoms with E-state index < -0.39 is 0 Å². The van der Waals surface area contributed by atoms with Crippen LogP contribution < -0.4 is 14.8 Å². The molecule has 7 nitrogen and oxygen atoms in total. The molecule has 0 aliphatic heterocycles. The van der Waals surface area contributed by atoms with Crippen LogP contribution in [0.25, 0.3) is 0 Å². The molecule has 0 saturated heterocycles. The Morgan fingerprint density at radius 1 is 1.14 bits per heavy atom. The van der Waals surface area contributed by atoms with E-state index in [1.807, 2.05) is 12.3 Å². The smallest absolute Gasteiger partial charge is 0.254 e. The molecule has 1 aromatic heterocycles. The van der Waals surface area contributed by atoms with Gasteiger partial charge in [-0.3, -0.25) is 9.59 Å². The molecule has 1 saturated carbocycles. The third-order valence-corrected chi connectivity index (χ3v) is 5.93. The summed E-state index contributed by atoms with van der Waals surface area (Å²) >= 11 is 1.38. The van der Waals surface area contributed by atoms with E-state index in [2.05, 4.69) is 10.3 Å². The molecule has 156 valence electrons. The summed E-state index contributed by atoms with van der Waals surface area (Å²) < 4.78 is 10.6. The van der Waals surface area contributed by atoms with Gasteiger partial charge in [-0.1, -0.05) is 19.3 Å². The van der Waals surface area contributed by atoms with Crippen LogP contribution in [-0.2, 0) is 4.79 Å². The van der Waals surface area contributed by atoms with Crippen molar-refractivity contribution in [3.63, 3.8) is 0 Å². The zero-order valence-corrected chi connectivity index (χ0v) is 17.9. The second-order valence-electron chi connectivity index (χ2n) is 7.17. The van der Waals surface area contributed by atoms with Crippen molar-refractivity contribution in [3.8, 4) is 11.5 Å². The fraction of sp³-hybridized carbons (Fsp3) is 0.476. The lowest BCUT2D eigenvalue weighted by Crippen LogP contribution is -2.45. The van der Waals surface area contributed by atoms with Crippen LogP contribution in [0.4, 0.5) is 5.13 Å². The molecule has 2 amide bonds. The molecule has 1 aliphatic carbocycles. The van der Waals surface area contributed by atoms with E-state index in [1.165, 1.54) is 11.3 Å². The van der Waals surface area contributed by atoms with E-state index in [-0.39, 0.29) is 24.4 Å². The summed E-state index contributed by atoms with van der Waals surface area (Å²) in [7, 11) is 3.09. The summed E-state index contributed by atoms with van der Waals surface area (Å²) in [6.07, 6.45) is 5.08. The first kappa shape index (κ1) is 21.1. The molecule has 8 heteroatoms. The zero-order chi connectivity index (χ0) is 20.8. The molecule has 1 aromatic carbocycles. The molecule has 3 rings (SSSR count). The lowest BCUT2D eigenvalue weighted by molar-refractivity contribution is -0.117. The number of ether oxygens (including phenoxy) is 2. The number of amides is 2. The van der Waals surface area contributed by atoms with Crippen LogP contribution in [0, 0.1) is 6.92 Å². The van der Waals surface area contributed by atoms with Crippen LogP contribution in [0.15, 0.2) is 23.6 Å². The fourth-order valence-electron chi connectivity index (χ4n) is 3.58. The van der Waals surface area contributed by atoms with Crippen molar-refractivity contribution in [2.75, 3.05) is 26.1 Å². The highest BCUT2D eigenvalue weighted by Crippen LogP contribution is 2.27. The van der Waals surface area contributed by atoms with Crippen LogP contribution >= 0.6 is 11.3 Å². The molecular formula is C21H27N3O4S. The van der Waals surface area contributed by atoms with Crippen molar-refractivity contribution >= 4 is 28.3 Å². The average molecular weight is 418 g/mol. The maximum Gasteiger partial charge on any atom is 0.254 e. The van der Waals surface area contributed by atoms with Crippen molar-refractivity contribution in [1.82, 2.24) is 9.88 Å². The number of thiazole rings is 1. The number of carbonyl (C=O) groups excluding carboxylic acids is 2. The molecule has 1 N–H and O–H groups in total. The van der Waals surface area contributed by atoms with Crippen LogP contribution in [0.1, 0.15) is 48.2 Å². The summed E-state index contributed by atoms with van der Waals surface area (Å²) in [5, 5.41) is 5.23. The van der Waals surface area contributed by atoms with Gasteiger partial charge in [-0.15, -0.1) is 11.3 Å². The molecule has 0 spiro atoms. The van der Waals surface area contributed by atoms with Crippen LogP contribution in [0.3, 0.4) is 0 Å². The number of aromatic nitrogens is 1. The second kappa shape index (κ2) is 9.73. The molecule has 0 atom stereocenters. The Hall–Kier alpha value is -2.61. The maximum absolute atomic E-state index is 13.4. The Bertz CT molecular complexity index is 839. The normalized spacial score (nSPS) is 14.3. The highest BCUT2D eigenvalue weighted by Gasteiger charge is 2.29. The van der Waals surface area contributed by atoms with E-state index >= 15 is 0 Å². The van der Waals surface area contributed by atoms with Gasteiger partial charge in [0.05, 0.1) is 19.9 Å². The van der Waals surface area contributed by atoms with Crippen LogP contribution in [0.5, 0.6) is 11.5 Å². The minimum Gasteiger partial charge on any atom is -0.497 e. The van der Waals surface area contributed by atoms with Gasteiger partial charge in [0.25, 0.3) is 5.91 Å². The lowest BCUT2D eigenvalue weighted by Gasteiger charge is -2.34. The van der Waals surface area contributed by atoms with Crippen molar-refractivity contribution in [2.45, 2.75) is 45.1 Å². The Morgan fingerprint density at radius 2 is 1.79 bits per heavy atom. The van der Waals surface area contributed by atoms with Gasteiger partial charge in [-0.05, 0) is 31.9 Å². The first-order valence-electron chi connectivity index (χ1n) is 9.76. The standard InChI is InChI=1S/C21H27N3O4S/c1-14-13-29-21(22-14)23-19(25)12-24(16-7-5-4-6-8-16)20(26)15-9-17(27-2)11-18(10-15)28-3/h9-11,13,16H,4-8,12H2,1-3H3,(H,22,23,25). The number of hydrogen-bond donors (Lipinski definition) is 1. The van der Waals surface area contributed by atoms with Crippen molar-refractivity contribution in [1.29, 1.82) is 0 Å². The van der Waals surface area contributed by atoms with E-state index in [9.17, 15) is 9.59 Å². The van der Waals surface area contributed by atoms with Gasteiger partial charge >= 0.3 is 0 Å². The van der Waals surface area contributed by atoms with Crippen LogP contribution in [0.2, 0.25) is 0 Å². The lowest BCUT2D eigenvalue weighted by atomic mass is 9.93. The van der Waals surface area contributed by atoms with E-state index in [0.29, 0.717) is 22.2 Å². The topological polar surface area (TPSA) is 80.8 Å². The van der Waals surface area contributed by atoms with E-state index in [1.54, 1.807) is 37.3 Å². The minimum absolute atomic E-state index is 0.0122. The summed E-state index contributed by atoms with van der Waals surface area (Å²) in [4.78, 5) is 32.0. The Balaban J connectivity index is 1.82. The van der Waals surface area contributed by atoms with E-state index in [0.717, 1.165) is 37.8 Å². The average Bonchev–Trinajstić information content (AvgIpc) is 3.16. The Morgan fingerprint density at radius 3 is 2.34 bits per heavy atom. The van der Waals surface area contributed by atoms with Gasteiger partial charge in [-0.2, -0.15) is 0 Å². The number of nitrogens with one attached hydrogen (secondary N) is 1. The summed E-state index contributed by atoms with van der Waals surface area (Å²) in [6, 6.07) is 5.13. The molecule has 1 fully saturated rings. The van der Waals surface area contributed by atoms with E-state index in [4.69, 9.17) is 9.47 Å². The molecule has 0 unspecified atom stereocenters. The monoisotopic (exact) mass is 417 g/mol. The number of nitrogens with zero attached hydrogens (tertiary/aromatic N) is 2. The van der Waals surface area contributed by atoms with Crippen LogP contribution in [-0.4, -0.2) is 48.5 Å². The number of aryl methyl sites for hydroxylation is 1. The second-order valence-corrected chi connectivity index (χ2v) is 8.03. The molecule has 0 bridgehead atoms.